The van der Waals surface area contributed by atoms with E-state index in [-0.39, 0.29) is 5.41 Å². The van der Waals surface area contributed by atoms with E-state index in [9.17, 15) is 0 Å². The number of hydrogen-bond acceptors (Lipinski definition) is 2. The van der Waals surface area contributed by atoms with E-state index in [2.05, 4.69) is 141 Å². The Morgan fingerprint density at radius 1 is 0.442 bits per heavy atom. The van der Waals surface area contributed by atoms with E-state index in [0.717, 1.165) is 28.3 Å². The molecule has 1 heterocycles. The standard InChI is InChI=1S/C41H28N2/c1-41(2)35-21-9-8-18-34(35)39-37(41)38(42-40(43-39)25-12-4-3-5-13-25)27-15-10-14-26(24-27)28-22-23-33-30-17-7-6-16-29(30)32-20-11-19-31(28)36(32)33/h3-24H,1-2H3. The molecule has 0 amide bonds. The zero-order chi connectivity index (χ0) is 28.7. The molecule has 2 heteroatoms. The summed E-state index contributed by atoms with van der Waals surface area (Å²) in [6, 6.07) is 48.0. The Balaban J connectivity index is 1.27. The minimum absolute atomic E-state index is 0.222. The first-order chi connectivity index (χ1) is 21.1. The maximum atomic E-state index is 5.31. The largest absolute Gasteiger partial charge is 0.228 e. The van der Waals surface area contributed by atoms with Gasteiger partial charge in [0.1, 0.15) is 0 Å². The fourth-order valence-electron chi connectivity index (χ4n) is 7.44. The van der Waals surface area contributed by atoms with Crippen molar-refractivity contribution in [2.45, 2.75) is 19.3 Å². The zero-order valence-corrected chi connectivity index (χ0v) is 24.1. The van der Waals surface area contributed by atoms with Crippen LogP contribution in [0.2, 0.25) is 0 Å². The summed E-state index contributed by atoms with van der Waals surface area (Å²) in [5.74, 6) is 0.760. The molecule has 0 unspecified atom stereocenters. The quantitative estimate of drug-likeness (QED) is 0.219. The molecule has 2 nitrogen and oxygen atoms in total. The van der Waals surface area contributed by atoms with Crippen molar-refractivity contribution in [3.63, 3.8) is 0 Å². The molecule has 0 aliphatic heterocycles. The van der Waals surface area contributed by atoms with Gasteiger partial charge in [0.05, 0.1) is 11.4 Å². The molecule has 0 spiro atoms. The van der Waals surface area contributed by atoms with Gasteiger partial charge in [0.2, 0.25) is 0 Å². The Labute approximate surface area is 251 Å². The normalized spacial score (nSPS) is 13.5. The van der Waals surface area contributed by atoms with E-state index in [1.54, 1.807) is 0 Å². The topological polar surface area (TPSA) is 25.8 Å². The van der Waals surface area contributed by atoms with Gasteiger partial charge < -0.3 is 0 Å². The number of fused-ring (bicyclic) bond motifs is 6. The summed E-state index contributed by atoms with van der Waals surface area (Å²) in [4.78, 5) is 10.5. The molecular formula is C41H28N2. The van der Waals surface area contributed by atoms with Crippen LogP contribution in [0.4, 0.5) is 0 Å². The van der Waals surface area contributed by atoms with Crippen molar-refractivity contribution in [2.75, 3.05) is 0 Å². The molecule has 202 valence electrons. The van der Waals surface area contributed by atoms with Gasteiger partial charge in [-0.05, 0) is 55.8 Å². The smallest absolute Gasteiger partial charge is 0.160 e. The molecule has 7 aromatic rings. The zero-order valence-electron chi connectivity index (χ0n) is 24.1. The van der Waals surface area contributed by atoms with Gasteiger partial charge in [-0.15, -0.1) is 0 Å². The van der Waals surface area contributed by atoms with E-state index >= 15 is 0 Å². The Morgan fingerprint density at radius 3 is 1.84 bits per heavy atom. The summed E-state index contributed by atoms with van der Waals surface area (Å²) in [7, 11) is 0. The highest BCUT2D eigenvalue weighted by Gasteiger charge is 2.40. The second-order valence-corrected chi connectivity index (χ2v) is 12.2. The molecular weight excluding hydrogens is 520 g/mol. The Kier molecular flexibility index (Phi) is 4.99. The number of aromatic nitrogens is 2. The first-order valence-corrected chi connectivity index (χ1v) is 14.9. The Hall–Kier alpha value is -5.34. The summed E-state index contributed by atoms with van der Waals surface area (Å²) in [6.07, 6.45) is 0. The Morgan fingerprint density at radius 2 is 1.02 bits per heavy atom. The number of nitrogens with zero attached hydrogens (tertiary/aromatic N) is 2. The first kappa shape index (κ1) is 24.3. The predicted molar refractivity (Wildman–Crippen MR) is 178 cm³/mol. The molecule has 0 atom stereocenters. The van der Waals surface area contributed by atoms with Crippen LogP contribution in [-0.2, 0) is 5.41 Å². The van der Waals surface area contributed by atoms with Crippen LogP contribution in [0.3, 0.4) is 0 Å². The molecule has 1 aromatic heterocycles. The lowest BCUT2D eigenvalue weighted by atomic mass is 9.80. The second kappa shape index (κ2) is 8.83. The minimum atomic E-state index is -0.222. The molecule has 0 bridgehead atoms. The molecule has 0 saturated carbocycles. The molecule has 6 aromatic carbocycles. The summed E-state index contributed by atoms with van der Waals surface area (Å²) >= 11 is 0. The summed E-state index contributed by atoms with van der Waals surface area (Å²) in [6.45, 7) is 4.61. The Bertz CT molecular complexity index is 2230. The SMILES string of the molecule is CC1(C)c2ccccc2-c2nc(-c3ccccc3)nc(-c3cccc(-c4ccc5c6c(cccc46)-c4ccccc4-5)c3)c21. The minimum Gasteiger partial charge on any atom is -0.228 e. The van der Waals surface area contributed by atoms with Gasteiger partial charge >= 0.3 is 0 Å². The van der Waals surface area contributed by atoms with Crippen molar-refractivity contribution in [1.82, 2.24) is 9.97 Å². The number of hydrogen-bond donors (Lipinski definition) is 0. The van der Waals surface area contributed by atoms with Crippen molar-refractivity contribution >= 4 is 10.8 Å². The van der Waals surface area contributed by atoms with E-state index in [1.807, 2.05) is 6.07 Å². The van der Waals surface area contributed by atoms with Gasteiger partial charge in [-0.25, -0.2) is 9.97 Å². The van der Waals surface area contributed by atoms with Crippen LogP contribution in [0.15, 0.2) is 133 Å². The van der Waals surface area contributed by atoms with Gasteiger partial charge in [0.15, 0.2) is 5.82 Å². The molecule has 0 N–H and O–H groups in total. The maximum absolute atomic E-state index is 5.31. The molecule has 2 aliphatic rings. The third-order valence-corrected chi connectivity index (χ3v) is 9.42. The van der Waals surface area contributed by atoms with E-state index in [4.69, 9.17) is 9.97 Å². The first-order valence-electron chi connectivity index (χ1n) is 14.9. The summed E-state index contributed by atoms with van der Waals surface area (Å²) in [5, 5.41) is 2.63. The summed E-state index contributed by atoms with van der Waals surface area (Å²) < 4.78 is 0. The summed E-state index contributed by atoms with van der Waals surface area (Å²) in [5.41, 5.74) is 15.4. The maximum Gasteiger partial charge on any atom is 0.160 e. The average molecular weight is 549 g/mol. The molecule has 43 heavy (non-hydrogen) atoms. The van der Waals surface area contributed by atoms with Gasteiger partial charge in [0, 0.05) is 27.7 Å². The highest BCUT2D eigenvalue weighted by atomic mass is 14.9. The van der Waals surface area contributed by atoms with Gasteiger partial charge in [-0.2, -0.15) is 0 Å². The number of benzene rings is 6. The highest BCUT2D eigenvalue weighted by molar-refractivity contribution is 6.18. The highest BCUT2D eigenvalue weighted by Crippen LogP contribution is 2.52. The van der Waals surface area contributed by atoms with Gasteiger partial charge in [0.25, 0.3) is 0 Å². The predicted octanol–water partition coefficient (Wildman–Crippen LogP) is 10.6. The lowest BCUT2D eigenvalue weighted by Gasteiger charge is -2.24. The van der Waals surface area contributed by atoms with Crippen LogP contribution in [0.1, 0.15) is 25.0 Å². The lowest BCUT2D eigenvalue weighted by molar-refractivity contribution is 0.658. The van der Waals surface area contributed by atoms with Crippen LogP contribution in [-0.4, -0.2) is 9.97 Å². The molecule has 0 fully saturated rings. The van der Waals surface area contributed by atoms with Crippen LogP contribution in [0.5, 0.6) is 0 Å². The number of rotatable bonds is 3. The van der Waals surface area contributed by atoms with E-state index in [1.165, 1.54) is 60.8 Å². The fraction of sp³-hybridized carbons (Fsp3) is 0.0732. The van der Waals surface area contributed by atoms with Crippen molar-refractivity contribution < 1.29 is 0 Å². The van der Waals surface area contributed by atoms with Crippen molar-refractivity contribution in [2.24, 2.45) is 0 Å². The van der Waals surface area contributed by atoms with Gasteiger partial charge in [-0.1, -0.05) is 141 Å². The molecule has 0 saturated heterocycles. The molecule has 0 radical (unpaired) electrons. The van der Waals surface area contributed by atoms with Crippen LogP contribution in [0, 0.1) is 0 Å². The second-order valence-electron chi connectivity index (χ2n) is 12.2. The fourth-order valence-corrected chi connectivity index (χ4v) is 7.44. The molecule has 2 aliphatic carbocycles. The third kappa shape index (κ3) is 3.41. The van der Waals surface area contributed by atoms with E-state index < -0.39 is 0 Å². The monoisotopic (exact) mass is 548 g/mol. The van der Waals surface area contributed by atoms with Crippen molar-refractivity contribution in [1.29, 1.82) is 0 Å². The van der Waals surface area contributed by atoms with Crippen LogP contribution < -0.4 is 0 Å². The third-order valence-electron chi connectivity index (χ3n) is 9.42. The van der Waals surface area contributed by atoms with Crippen LogP contribution >= 0.6 is 0 Å². The average Bonchev–Trinajstić information content (AvgIpc) is 3.51. The van der Waals surface area contributed by atoms with Crippen molar-refractivity contribution in [3.8, 4) is 67.3 Å². The van der Waals surface area contributed by atoms with Crippen LogP contribution in [0.25, 0.3) is 78.1 Å². The lowest BCUT2D eigenvalue weighted by Crippen LogP contribution is -2.17. The molecule has 9 rings (SSSR count). The van der Waals surface area contributed by atoms with Gasteiger partial charge in [-0.3, -0.25) is 0 Å². The van der Waals surface area contributed by atoms with E-state index in [0.29, 0.717) is 0 Å². The van der Waals surface area contributed by atoms with Crippen molar-refractivity contribution in [3.05, 3.63) is 145 Å².